The molecule has 0 aliphatic heterocycles. The normalized spacial score (nSPS) is 8.09. The number of benzene rings is 1. The summed E-state index contributed by atoms with van der Waals surface area (Å²) in [5.74, 6) is 6.46. The first-order valence-electron chi connectivity index (χ1n) is 3.51. The van der Waals surface area contributed by atoms with Crippen LogP contribution in [0.5, 0.6) is 5.75 Å². The predicted molar refractivity (Wildman–Crippen MR) is 45.4 cm³/mol. The van der Waals surface area contributed by atoms with Crippen LogP contribution in [0.4, 0.5) is 0 Å². The van der Waals surface area contributed by atoms with Gasteiger partial charge in [0.1, 0.15) is 12.4 Å². The van der Waals surface area contributed by atoms with Gasteiger partial charge in [0.2, 0.25) is 0 Å². The molecule has 0 spiro atoms. The monoisotopic (exact) mass is 146 g/mol. The Kier molecular flexibility index (Phi) is 3.08. The van der Waals surface area contributed by atoms with Crippen molar-refractivity contribution in [2.75, 3.05) is 6.61 Å². The quantitative estimate of drug-likeness (QED) is 0.580. The van der Waals surface area contributed by atoms with E-state index in [2.05, 4.69) is 11.8 Å². The molecule has 0 aliphatic carbocycles. The van der Waals surface area contributed by atoms with Gasteiger partial charge in [-0.1, -0.05) is 24.1 Å². The highest BCUT2D eigenvalue weighted by atomic mass is 16.5. The molecule has 1 aromatic rings. The van der Waals surface area contributed by atoms with E-state index in [9.17, 15) is 0 Å². The Bertz CT molecular complexity index is 253. The van der Waals surface area contributed by atoms with Gasteiger partial charge in [-0.3, -0.25) is 0 Å². The average molecular weight is 146 g/mol. The van der Waals surface area contributed by atoms with Crippen LogP contribution in [0.15, 0.2) is 30.3 Å². The fourth-order valence-corrected chi connectivity index (χ4v) is 0.708. The highest BCUT2D eigenvalue weighted by molar-refractivity contribution is 5.21. The van der Waals surface area contributed by atoms with Gasteiger partial charge in [-0.15, -0.1) is 5.92 Å². The second-order valence-electron chi connectivity index (χ2n) is 2.03. The Balaban J connectivity index is 2.43. The van der Waals surface area contributed by atoms with Crippen molar-refractivity contribution in [3.63, 3.8) is 0 Å². The largest absolute Gasteiger partial charge is 0.481 e. The molecule has 0 aliphatic rings. The molecule has 11 heavy (non-hydrogen) atoms. The summed E-state index contributed by atoms with van der Waals surface area (Å²) in [5, 5.41) is 0. The first-order valence-corrected chi connectivity index (χ1v) is 3.51. The van der Waals surface area contributed by atoms with Gasteiger partial charge >= 0.3 is 0 Å². The van der Waals surface area contributed by atoms with Crippen molar-refractivity contribution < 1.29 is 4.74 Å². The van der Waals surface area contributed by atoms with Gasteiger partial charge in [-0.05, 0) is 19.1 Å². The number of hydrogen-bond acceptors (Lipinski definition) is 1. The SMILES string of the molecule is CC#CCOc1ccccc1. The molecule has 0 saturated heterocycles. The standard InChI is InChI=1S/C10H10O/c1-2-3-9-11-10-7-5-4-6-8-10/h4-8H,9H2,1H3. The highest BCUT2D eigenvalue weighted by Crippen LogP contribution is 2.06. The third kappa shape index (κ3) is 2.77. The lowest BCUT2D eigenvalue weighted by Gasteiger charge is -1.98. The summed E-state index contributed by atoms with van der Waals surface area (Å²) in [6.45, 7) is 2.27. The lowest BCUT2D eigenvalue weighted by molar-refractivity contribution is 0.370. The van der Waals surface area contributed by atoms with Crippen molar-refractivity contribution >= 4 is 0 Å². The first-order chi connectivity index (χ1) is 5.43. The van der Waals surface area contributed by atoms with E-state index in [-0.39, 0.29) is 0 Å². The Morgan fingerprint density at radius 3 is 2.64 bits per heavy atom. The molecule has 0 N–H and O–H groups in total. The van der Waals surface area contributed by atoms with Crippen molar-refractivity contribution in [3.05, 3.63) is 30.3 Å². The van der Waals surface area contributed by atoms with Gasteiger partial charge in [0.15, 0.2) is 0 Å². The molecule has 1 nitrogen and oxygen atoms in total. The minimum absolute atomic E-state index is 0.473. The maximum Gasteiger partial charge on any atom is 0.149 e. The maximum atomic E-state index is 5.27. The molecule has 0 fully saturated rings. The topological polar surface area (TPSA) is 9.23 Å². The van der Waals surface area contributed by atoms with Gasteiger partial charge in [-0.25, -0.2) is 0 Å². The predicted octanol–water partition coefficient (Wildman–Crippen LogP) is 2.09. The van der Waals surface area contributed by atoms with E-state index in [0.717, 1.165) is 5.75 Å². The molecule has 1 heteroatoms. The summed E-state index contributed by atoms with van der Waals surface area (Å²) >= 11 is 0. The molecule has 0 radical (unpaired) electrons. The van der Waals surface area contributed by atoms with Crippen molar-refractivity contribution in [2.24, 2.45) is 0 Å². The zero-order valence-electron chi connectivity index (χ0n) is 6.50. The fourth-order valence-electron chi connectivity index (χ4n) is 0.708. The van der Waals surface area contributed by atoms with Crippen LogP contribution in [0, 0.1) is 11.8 Å². The summed E-state index contributed by atoms with van der Waals surface area (Å²) < 4.78 is 5.27. The van der Waals surface area contributed by atoms with Crippen LogP contribution in [0.25, 0.3) is 0 Å². The van der Waals surface area contributed by atoms with Crippen LogP contribution >= 0.6 is 0 Å². The number of ether oxygens (including phenoxy) is 1. The van der Waals surface area contributed by atoms with Crippen molar-refractivity contribution in [1.82, 2.24) is 0 Å². The Hall–Kier alpha value is -1.42. The van der Waals surface area contributed by atoms with Crippen LogP contribution in [0.2, 0.25) is 0 Å². The minimum Gasteiger partial charge on any atom is -0.481 e. The van der Waals surface area contributed by atoms with Gasteiger partial charge in [0, 0.05) is 0 Å². The van der Waals surface area contributed by atoms with Crippen LogP contribution in [-0.4, -0.2) is 6.61 Å². The molecule has 0 aromatic heterocycles. The average Bonchev–Trinajstić information content (AvgIpc) is 2.07. The lowest BCUT2D eigenvalue weighted by atomic mass is 10.3. The summed E-state index contributed by atoms with van der Waals surface area (Å²) in [7, 11) is 0. The fraction of sp³-hybridized carbons (Fsp3) is 0.200. The third-order valence-corrected chi connectivity index (χ3v) is 1.23. The second-order valence-corrected chi connectivity index (χ2v) is 2.03. The van der Waals surface area contributed by atoms with E-state index in [1.54, 1.807) is 6.92 Å². The lowest BCUT2D eigenvalue weighted by Crippen LogP contribution is -1.92. The number of para-hydroxylation sites is 1. The first kappa shape index (κ1) is 7.68. The summed E-state index contributed by atoms with van der Waals surface area (Å²) in [5.41, 5.74) is 0. The van der Waals surface area contributed by atoms with Crippen molar-refractivity contribution in [1.29, 1.82) is 0 Å². The molecular formula is C10H10O. The van der Waals surface area contributed by atoms with E-state index in [1.807, 2.05) is 30.3 Å². The van der Waals surface area contributed by atoms with E-state index in [1.165, 1.54) is 0 Å². The maximum absolute atomic E-state index is 5.27. The van der Waals surface area contributed by atoms with Crippen LogP contribution in [0.3, 0.4) is 0 Å². The highest BCUT2D eigenvalue weighted by Gasteiger charge is 1.85. The smallest absolute Gasteiger partial charge is 0.149 e. The van der Waals surface area contributed by atoms with Crippen molar-refractivity contribution in [3.8, 4) is 17.6 Å². The van der Waals surface area contributed by atoms with Gasteiger partial charge in [-0.2, -0.15) is 0 Å². The van der Waals surface area contributed by atoms with E-state index < -0.39 is 0 Å². The molecule has 1 rings (SSSR count). The summed E-state index contributed by atoms with van der Waals surface area (Å²) in [4.78, 5) is 0. The molecule has 0 amide bonds. The Morgan fingerprint density at radius 1 is 1.27 bits per heavy atom. The molecule has 56 valence electrons. The molecular weight excluding hydrogens is 136 g/mol. The Labute approximate surface area is 67.0 Å². The molecule has 0 saturated carbocycles. The van der Waals surface area contributed by atoms with Crippen LogP contribution < -0.4 is 4.74 Å². The van der Waals surface area contributed by atoms with Crippen molar-refractivity contribution in [2.45, 2.75) is 6.92 Å². The van der Waals surface area contributed by atoms with E-state index in [4.69, 9.17) is 4.74 Å². The zero-order chi connectivity index (χ0) is 7.94. The minimum atomic E-state index is 0.473. The molecule has 0 heterocycles. The second kappa shape index (κ2) is 4.40. The van der Waals surface area contributed by atoms with Crippen LogP contribution in [0.1, 0.15) is 6.92 Å². The molecule has 1 aromatic carbocycles. The molecule has 0 atom stereocenters. The van der Waals surface area contributed by atoms with Crippen LogP contribution in [-0.2, 0) is 0 Å². The summed E-state index contributed by atoms with van der Waals surface area (Å²) in [6, 6.07) is 9.66. The third-order valence-electron chi connectivity index (χ3n) is 1.23. The van der Waals surface area contributed by atoms with Gasteiger partial charge in [0.05, 0.1) is 0 Å². The Morgan fingerprint density at radius 2 is 2.00 bits per heavy atom. The molecule has 0 unspecified atom stereocenters. The summed E-state index contributed by atoms with van der Waals surface area (Å²) in [6.07, 6.45) is 0. The van der Waals surface area contributed by atoms with E-state index >= 15 is 0 Å². The van der Waals surface area contributed by atoms with Gasteiger partial charge in [0.25, 0.3) is 0 Å². The van der Waals surface area contributed by atoms with Gasteiger partial charge < -0.3 is 4.74 Å². The zero-order valence-corrected chi connectivity index (χ0v) is 6.50. The van der Waals surface area contributed by atoms with E-state index in [0.29, 0.717) is 6.61 Å². The molecule has 0 bridgehead atoms. The number of rotatable bonds is 2. The number of hydrogen-bond donors (Lipinski definition) is 0.